The van der Waals surface area contributed by atoms with Crippen LogP contribution in [0.3, 0.4) is 0 Å². The molecule has 0 atom stereocenters. The summed E-state index contributed by atoms with van der Waals surface area (Å²) in [6.45, 7) is 7.36. The molecule has 1 amide bonds. The number of hydrogen-bond acceptors (Lipinski definition) is 7. The summed E-state index contributed by atoms with van der Waals surface area (Å²) in [4.78, 5) is 43.1. The van der Waals surface area contributed by atoms with Gasteiger partial charge in [0.25, 0.3) is 5.91 Å². The number of carbonyl (C=O) groups excluding carboxylic acids is 3. The van der Waals surface area contributed by atoms with Gasteiger partial charge in [-0.3, -0.25) is 14.5 Å². The number of hydrogen-bond donors (Lipinski definition) is 1. The van der Waals surface area contributed by atoms with E-state index in [4.69, 9.17) is 16.3 Å². The molecular formula is C22H26ClN3O4S. The first-order valence-corrected chi connectivity index (χ1v) is 11.3. The van der Waals surface area contributed by atoms with Gasteiger partial charge in [0.2, 0.25) is 0 Å². The summed E-state index contributed by atoms with van der Waals surface area (Å²) in [6, 6.07) is 6.43. The summed E-state index contributed by atoms with van der Waals surface area (Å²) < 4.78 is 5.18. The molecule has 1 aliphatic rings. The number of piperazine rings is 1. The Labute approximate surface area is 190 Å². The standard InChI is InChI=1S/C22H26ClN3O4S/c1-4-30-22(29)18-14(2)19(17(27)13-26-11-9-25(3)10-12-26)31-21(18)24-20(28)15-5-7-16(23)8-6-15/h5-8H,4,9-13H2,1-3H3,(H,24,28). The highest BCUT2D eigenvalue weighted by Gasteiger charge is 2.28. The van der Waals surface area contributed by atoms with Gasteiger partial charge in [-0.2, -0.15) is 0 Å². The molecule has 2 heterocycles. The van der Waals surface area contributed by atoms with E-state index in [-0.39, 0.29) is 30.4 Å². The summed E-state index contributed by atoms with van der Waals surface area (Å²) in [5.74, 6) is -1.01. The van der Waals surface area contributed by atoms with Crippen molar-refractivity contribution in [1.82, 2.24) is 9.80 Å². The van der Waals surface area contributed by atoms with Crippen molar-refractivity contribution in [2.24, 2.45) is 0 Å². The number of ether oxygens (including phenoxy) is 1. The normalized spacial score (nSPS) is 15.0. The summed E-state index contributed by atoms with van der Waals surface area (Å²) in [5.41, 5.74) is 1.17. The van der Waals surface area contributed by atoms with Crippen LogP contribution in [0.4, 0.5) is 5.00 Å². The van der Waals surface area contributed by atoms with Crippen molar-refractivity contribution in [2.45, 2.75) is 13.8 Å². The minimum absolute atomic E-state index is 0.0652. The van der Waals surface area contributed by atoms with E-state index in [1.165, 1.54) is 0 Å². The SMILES string of the molecule is CCOC(=O)c1c(NC(=O)c2ccc(Cl)cc2)sc(C(=O)CN2CCN(C)CC2)c1C. The van der Waals surface area contributed by atoms with E-state index in [1.54, 1.807) is 38.1 Å². The zero-order valence-corrected chi connectivity index (χ0v) is 19.4. The molecule has 0 aliphatic carbocycles. The molecular weight excluding hydrogens is 438 g/mol. The number of Topliss-reactive ketones (excluding diaryl/α,β-unsaturated/α-hetero) is 1. The molecule has 166 valence electrons. The van der Waals surface area contributed by atoms with Crippen LogP contribution in [0.25, 0.3) is 0 Å². The van der Waals surface area contributed by atoms with Crippen LogP contribution in [0.1, 0.15) is 42.9 Å². The van der Waals surface area contributed by atoms with Crippen LogP contribution in [0.2, 0.25) is 5.02 Å². The van der Waals surface area contributed by atoms with Gasteiger partial charge < -0.3 is 15.0 Å². The maximum atomic E-state index is 13.0. The molecule has 1 aromatic heterocycles. The molecule has 0 radical (unpaired) electrons. The smallest absolute Gasteiger partial charge is 0.341 e. The Kier molecular flexibility index (Phi) is 7.83. The van der Waals surface area contributed by atoms with Crippen molar-refractivity contribution in [1.29, 1.82) is 0 Å². The molecule has 9 heteroatoms. The first kappa shape index (κ1) is 23.4. The van der Waals surface area contributed by atoms with Gasteiger partial charge >= 0.3 is 5.97 Å². The fraction of sp³-hybridized carbons (Fsp3) is 0.409. The molecule has 1 aliphatic heterocycles. The summed E-state index contributed by atoms with van der Waals surface area (Å²) >= 11 is 7.01. The Morgan fingerprint density at radius 2 is 1.77 bits per heavy atom. The lowest BCUT2D eigenvalue weighted by atomic mass is 10.1. The molecule has 31 heavy (non-hydrogen) atoms. The van der Waals surface area contributed by atoms with Gasteiger partial charge in [0.1, 0.15) is 5.00 Å². The molecule has 0 spiro atoms. The first-order chi connectivity index (χ1) is 14.8. The Hall–Kier alpha value is -2.26. The molecule has 1 N–H and O–H groups in total. The van der Waals surface area contributed by atoms with E-state index in [1.807, 2.05) is 0 Å². The zero-order valence-electron chi connectivity index (χ0n) is 17.9. The molecule has 0 bridgehead atoms. The van der Waals surface area contributed by atoms with Crippen LogP contribution in [0.5, 0.6) is 0 Å². The van der Waals surface area contributed by atoms with Crippen molar-refractivity contribution in [3.63, 3.8) is 0 Å². The van der Waals surface area contributed by atoms with Gasteiger partial charge in [0.15, 0.2) is 5.78 Å². The largest absolute Gasteiger partial charge is 0.462 e. The Morgan fingerprint density at radius 1 is 1.13 bits per heavy atom. The van der Waals surface area contributed by atoms with Crippen molar-refractivity contribution < 1.29 is 19.1 Å². The Balaban J connectivity index is 1.85. The first-order valence-electron chi connectivity index (χ1n) is 10.1. The zero-order chi connectivity index (χ0) is 22.5. The van der Waals surface area contributed by atoms with E-state index in [9.17, 15) is 14.4 Å². The average Bonchev–Trinajstić information content (AvgIpc) is 3.06. The number of nitrogens with zero attached hydrogens (tertiary/aromatic N) is 2. The van der Waals surface area contributed by atoms with Crippen molar-refractivity contribution in [3.8, 4) is 0 Å². The van der Waals surface area contributed by atoms with E-state index in [0.29, 0.717) is 26.0 Å². The van der Waals surface area contributed by atoms with E-state index in [2.05, 4.69) is 22.2 Å². The van der Waals surface area contributed by atoms with Crippen LogP contribution in [0.15, 0.2) is 24.3 Å². The summed E-state index contributed by atoms with van der Waals surface area (Å²) in [7, 11) is 2.06. The van der Waals surface area contributed by atoms with E-state index >= 15 is 0 Å². The molecule has 3 rings (SSSR count). The number of benzene rings is 1. The second-order valence-electron chi connectivity index (χ2n) is 7.44. The number of anilines is 1. The highest BCUT2D eigenvalue weighted by molar-refractivity contribution is 7.18. The topological polar surface area (TPSA) is 78.9 Å². The molecule has 1 fully saturated rings. The predicted octanol–water partition coefficient (Wildman–Crippen LogP) is 3.57. The number of thiophene rings is 1. The second kappa shape index (κ2) is 10.4. The number of carbonyl (C=O) groups is 3. The van der Waals surface area contributed by atoms with E-state index in [0.717, 1.165) is 37.5 Å². The number of rotatable bonds is 7. The number of amides is 1. The molecule has 7 nitrogen and oxygen atoms in total. The second-order valence-corrected chi connectivity index (χ2v) is 8.90. The summed E-state index contributed by atoms with van der Waals surface area (Å²) in [6.07, 6.45) is 0. The third-order valence-corrected chi connectivity index (χ3v) is 6.68. The lowest BCUT2D eigenvalue weighted by Crippen LogP contribution is -2.46. The van der Waals surface area contributed by atoms with Gasteiger partial charge in [-0.15, -0.1) is 11.3 Å². The van der Waals surface area contributed by atoms with Crippen LogP contribution in [-0.4, -0.2) is 73.8 Å². The van der Waals surface area contributed by atoms with Gasteiger partial charge in [-0.1, -0.05) is 11.6 Å². The molecule has 0 unspecified atom stereocenters. The summed E-state index contributed by atoms with van der Waals surface area (Å²) in [5, 5.41) is 3.61. The number of likely N-dealkylation sites (N-methyl/N-ethyl adjacent to an activating group) is 1. The van der Waals surface area contributed by atoms with Crippen molar-refractivity contribution >= 4 is 45.6 Å². The fourth-order valence-corrected chi connectivity index (χ4v) is 4.62. The third kappa shape index (κ3) is 5.71. The average molecular weight is 464 g/mol. The number of esters is 1. The van der Waals surface area contributed by atoms with Crippen LogP contribution < -0.4 is 5.32 Å². The maximum absolute atomic E-state index is 13.0. The van der Waals surface area contributed by atoms with Crippen LogP contribution >= 0.6 is 22.9 Å². The fourth-order valence-electron chi connectivity index (χ4n) is 3.37. The minimum Gasteiger partial charge on any atom is -0.462 e. The molecule has 0 saturated carbocycles. The monoisotopic (exact) mass is 463 g/mol. The number of ketones is 1. The third-order valence-electron chi connectivity index (χ3n) is 5.18. The Morgan fingerprint density at radius 3 is 2.39 bits per heavy atom. The molecule has 1 aromatic carbocycles. The number of halogens is 1. The lowest BCUT2D eigenvalue weighted by molar-refractivity contribution is 0.0527. The highest BCUT2D eigenvalue weighted by atomic mass is 35.5. The minimum atomic E-state index is -0.554. The van der Waals surface area contributed by atoms with Gasteiger partial charge in [0.05, 0.1) is 23.6 Å². The maximum Gasteiger partial charge on any atom is 0.341 e. The van der Waals surface area contributed by atoms with Crippen LogP contribution in [-0.2, 0) is 4.74 Å². The highest BCUT2D eigenvalue weighted by Crippen LogP contribution is 2.34. The molecule has 1 saturated heterocycles. The van der Waals surface area contributed by atoms with Crippen molar-refractivity contribution in [2.75, 3.05) is 51.7 Å². The van der Waals surface area contributed by atoms with Gasteiger partial charge in [-0.05, 0) is 50.7 Å². The number of nitrogens with one attached hydrogen (secondary N) is 1. The van der Waals surface area contributed by atoms with E-state index < -0.39 is 5.97 Å². The predicted molar refractivity (Wildman–Crippen MR) is 123 cm³/mol. The molecule has 2 aromatic rings. The van der Waals surface area contributed by atoms with Gasteiger partial charge in [-0.25, -0.2) is 4.79 Å². The van der Waals surface area contributed by atoms with Crippen LogP contribution in [0, 0.1) is 6.92 Å². The quantitative estimate of drug-likeness (QED) is 0.499. The van der Waals surface area contributed by atoms with Crippen molar-refractivity contribution in [3.05, 3.63) is 50.9 Å². The van der Waals surface area contributed by atoms with Gasteiger partial charge in [0, 0.05) is 36.8 Å². The lowest BCUT2D eigenvalue weighted by Gasteiger charge is -2.31. The Bertz CT molecular complexity index is 966.